The molecule has 3 aromatic rings. The molecule has 0 bridgehead atoms. The zero-order valence-corrected chi connectivity index (χ0v) is 21.0. The van der Waals surface area contributed by atoms with Crippen molar-refractivity contribution in [2.75, 3.05) is 13.1 Å². The van der Waals surface area contributed by atoms with Crippen molar-refractivity contribution in [1.82, 2.24) is 4.90 Å². The van der Waals surface area contributed by atoms with Gasteiger partial charge in [-0.15, -0.1) is 0 Å². The number of benzene rings is 3. The number of allylic oxidation sites excluding steroid dienone is 1. The van der Waals surface area contributed by atoms with Crippen LogP contribution in [0, 0.1) is 5.82 Å². The highest BCUT2D eigenvalue weighted by Gasteiger charge is 2.48. The van der Waals surface area contributed by atoms with E-state index in [9.17, 15) is 14.0 Å². The number of esters is 1. The van der Waals surface area contributed by atoms with E-state index in [1.807, 2.05) is 17.0 Å². The van der Waals surface area contributed by atoms with Crippen molar-refractivity contribution in [3.05, 3.63) is 112 Å². The number of rotatable bonds is 3. The number of piperidine rings is 1. The minimum Gasteiger partial charge on any atom is -0.450 e. The number of carbonyl (C=O) groups excluding carboxylic acids is 2. The average molecular weight is 496 g/mol. The number of nitrogens with zero attached hydrogens (tertiary/aromatic N) is 1. The van der Waals surface area contributed by atoms with Crippen LogP contribution in [-0.2, 0) is 21.6 Å². The van der Waals surface area contributed by atoms with Gasteiger partial charge in [0.15, 0.2) is 0 Å². The third-order valence-electron chi connectivity index (χ3n) is 8.34. The largest absolute Gasteiger partial charge is 0.450 e. The number of ether oxygens (including phenoxy) is 1. The topological polar surface area (TPSA) is 46.6 Å². The molecule has 188 valence electrons. The van der Waals surface area contributed by atoms with Crippen LogP contribution in [0.15, 0.2) is 78.4 Å². The molecule has 1 aliphatic carbocycles. The Balaban J connectivity index is 1.25. The Labute approximate surface area is 216 Å². The van der Waals surface area contributed by atoms with Crippen LogP contribution in [0.25, 0.3) is 5.57 Å². The fourth-order valence-electron chi connectivity index (χ4n) is 6.36. The summed E-state index contributed by atoms with van der Waals surface area (Å²) in [5.41, 5.74) is 5.79. The van der Waals surface area contributed by atoms with Crippen molar-refractivity contribution in [3.63, 3.8) is 0 Å². The fourth-order valence-corrected chi connectivity index (χ4v) is 6.36. The first-order valence-electron chi connectivity index (χ1n) is 13.1. The highest BCUT2D eigenvalue weighted by Crippen LogP contribution is 2.45. The number of fused-ring (bicyclic) bond motifs is 3. The lowest BCUT2D eigenvalue weighted by Crippen LogP contribution is -2.45. The van der Waals surface area contributed by atoms with Gasteiger partial charge >= 0.3 is 5.97 Å². The second kappa shape index (κ2) is 9.29. The van der Waals surface area contributed by atoms with E-state index >= 15 is 0 Å². The molecule has 4 nitrogen and oxygen atoms in total. The third-order valence-corrected chi connectivity index (χ3v) is 8.34. The van der Waals surface area contributed by atoms with Gasteiger partial charge < -0.3 is 9.64 Å². The lowest BCUT2D eigenvalue weighted by atomic mass is 9.83. The molecule has 0 saturated carbocycles. The monoisotopic (exact) mass is 495 g/mol. The molecule has 2 aliphatic heterocycles. The highest BCUT2D eigenvalue weighted by molar-refractivity contribution is 6.21. The molecule has 1 unspecified atom stereocenters. The molecule has 3 aromatic carbocycles. The van der Waals surface area contributed by atoms with Crippen LogP contribution in [0.5, 0.6) is 0 Å². The molecule has 1 fully saturated rings. The molecule has 1 spiro atoms. The molecule has 6 rings (SSSR count). The Morgan fingerprint density at radius 3 is 2.51 bits per heavy atom. The van der Waals surface area contributed by atoms with E-state index in [2.05, 4.69) is 49.4 Å². The normalized spacial score (nSPS) is 20.3. The summed E-state index contributed by atoms with van der Waals surface area (Å²) in [6.45, 7) is 3.05. The van der Waals surface area contributed by atoms with Gasteiger partial charge in [-0.3, -0.25) is 4.79 Å². The first-order valence-corrected chi connectivity index (χ1v) is 13.1. The molecule has 3 aliphatic rings. The average Bonchev–Trinajstić information content (AvgIpc) is 3.08. The molecule has 0 aromatic heterocycles. The Morgan fingerprint density at radius 2 is 1.73 bits per heavy atom. The molecule has 5 heteroatoms. The van der Waals surface area contributed by atoms with Crippen LogP contribution in [0.4, 0.5) is 4.39 Å². The molecule has 37 heavy (non-hydrogen) atoms. The summed E-state index contributed by atoms with van der Waals surface area (Å²) < 4.78 is 19.5. The van der Waals surface area contributed by atoms with Crippen LogP contribution in [0.2, 0.25) is 0 Å². The van der Waals surface area contributed by atoms with Crippen LogP contribution in [0.1, 0.15) is 71.1 Å². The third kappa shape index (κ3) is 4.16. The molecule has 1 amide bonds. The van der Waals surface area contributed by atoms with Crippen molar-refractivity contribution >= 4 is 17.4 Å². The van der Waals surface area contributed by atoms with Crippen LogP contribution < -0.4 is 0 Å². The minimum atomic E-state index is -0.775. The molecular weight excluding hydrogens is 465 g/mol. The van der Waals surface area contributed by atoms with Crippen molar-refractivity contribution in [1.29, 1.82) is 0 Å². The molecular formula is C32H30FNO3. The van der Waals surface area contributed by atoms with Gasteiger partial charge in [0, 0.05) is 37.1 Å². The smallest absolute Gasteiger partial charge is 0.339 e. The summed E-state index contributed by atoms with van der Waals surface area (Å²) in [6, 6.07) is 23.2. The van der Waals surface area contributed by atoms with Crippen molar-refractivity contribution < 1.29 is 18.7 Å². The van der Waals surface area contributed by atoms with Crippen molar-refractivity contribution in [2.24, 2.45) is 0 Å². The first kappa shape index (κ1) is 23.7. The summed E-state index contributed by atoms with van der Waals surface area (Å²) in [4.78, 5) is 28.4. The number of halogens is 1. The predicted molar refractivity (Wildman–Crippen MR) is 140 cm³/mol. The zero-order chi connectivity index (χ0) is 25.6. The summed E-state index contributed by atoms with van der Waals surface area (Å²) in [6.07, 6.45) is 3.84. The number of likely N-dealkylation sites (tertiary alicyclic amines) is 1. The maximum atomic E-state index is 14.0. The summed E-state index contributed by atoms with van der Waals surface area (Å²) >= 11 is 0. The number of amides is 1. The molecule has 0 radical (unpaired) electrons. The van der Waals surface area contributed by atoms with E-state index in [0.29, 0.717) is 37.4 Å². The van der Waals surface area contributed by atoms with Crippen LogP contribution in [0.3, 0.4) is 0 Å². The van der Waals surface area contributed by atoms with E-state index < -0.39 is 17.4 Å². The van der Waals surface area contributed by atoms with Gasteiger partial charge in [-0.2, -0.15) is 0 Å². The highest BCUT2D eigenvalue weighted by atomic mass is 19.1. The van der Waals surface area contributed by atoms with E-state index in [0.717, 1.165) is 41.5 Å². The molecule has 2 heterocycles. The zero-order valence-electron chi connectivity index (χ0n) is 21.0. The van der Waals surface area contributed by atoms with Gasteiger partial charge in [0.1, 0.15) is 11.4 Å². The second-order valence-corrected chi connectivity index (χ2v) is 10.5. The lowest BCUT2D eigenvalue weighted by molar-refractivity contribution is -0.129. The van der Waals surface area contributed by atoms with Crippen molar-refractivity contribution in [3.8, 4) is 0 Å². The predicted octanol–water partition coefficient (Wildman–Crippen LogP) is 6.41. The van der Waals surface area contributed by atoms with E-state index in [4.69, 9.17) is 4.74 Å². The Morgan fingerprint density at radius 1 is 1.00 bits per heavy atom. The van der Waals surface area contributed by atoms with Crippen LogP contribution in [-0.4, -0.2) is 29.9 Å². The van der Waals surface area contributed by atoms with Gasteiger partial charge in [0.2, 0.25) is 0 Å². The number of hydrogen-bond acceptors (Lipinski definition) is 3. The summed E-state index contributed by atoms with van der Waals surface area (Å²) in [5, 5.41) is 0. The molecule has 1 saturated heterocycles. The Kier molecular flexibility index (Phi) is 5.94. The van der Waals surface area contributed by atoms with Crippen LogP contribution >= 0.6 is 0 Å². The number of hydrogen-bond donors (Lipinski definition) is 0. The van der Waals surface area contributed by atoms with E-state index in [1.54, 1.807) is 6.07 Å². The maximum Gasteiger partial charge on any atom is 0.339 e. The van der Waals surface area contributed by atoms with Gasteiger partial charge in [-0.1, -0.05) is 66.2 Å². The summed E-state index contributed by atoms with van der Waals surface area (Å²) in [7, 11) is 0. The number of carbonyl (C=O) groups is 2. The van der Waals surface area contributed by atoms with Gasteiger partial charge in [-0.25, -0.2) is 9.18 Å². The SMILES string of the molecule is CC1=C(C(=O)N2CCC3(CC2)OC(=O)c2cc(F)ccc23)c2ccccc2C(Cc2ccccc2)CC1. The van der Waals surface area contributed by atoms with E-state index in [-0.39, 0.29) is 5.91 Å². The quantitative estimate of drug-likeness (QED) is 0.395. The first-order chi connectivity index (χ1) is 17.9. The lowest BCUT2D eigenvalue weighted by Gasteiger charge is -2.39. The van der Waals surface area contributed by atoms with Crippen molar-refractivity contribution in [2.45, 2.75) is 50.5 Å². The van der Waals surface area contributed by atoms with Gasteiger partial charge in [0.05, 0.1) is 5.56 Å². The Bertz CT molecular complexity index is 1400. The molecule has 0 N–H and O–H groups in total. The molecule has 1 atom stereocenters. The van der Waals surface area contributed by atoms with E-state index in [1.165, 1.54) is 23.3 Å². The van der Waals surface area contributed by atoms with Gasteiger partial charge in [0.25, 0.3) is 5.91 Å². The fraction of sp³-hybridized carbons (Fsp3) is 0.312. The second-order valence-electron chi connectivity index (χ2n) is 10.5. The Hall–Kier alpha value is -3.73. The summed E-state index contributed by atoms with van der Waals surface area (Å²) in [5.74, 6) is -0.530. The minimum absolute atomic E-state index is 0.0452. The standard InChI is InChI=1S/C32H30FNO3/c1-21-11-12-23(19-22-7-3-2-4-8-22)25-9-5-6-10-26(25)29(21)30(35)34-17-15-32(16-18-34)28-14-13-24(33)20-27(28)31(36)37-32/h2-10,13-14,20,23H,11-12,15-19H2,1H3. The maximum absolute atomic E-state index is 14.0. The van der Waals surface area contributed by atoms with Gasteiger partial charge in [-0.05, 0) is 60.9 Å².